The Morgan fingerprint density at radius 1 is 1.14 bits per heavy atom. The zero-order valence-corrected chi connectivity index (χ0v) is 24.6. The number of aromatic nitrogens is 5. The van der Waals surface area contributed by atoms with Crippen molar-refractivity contribution in [2.45, 2.75) is 44.9 Å². The van der Waals surface area contributed by atoms with Crippen molar-refractivity contribution in [2.24, 2.45) is 5.92 Å². The van der Waals surface area contributed by atoms with Gasteiger partial charge in [-0.2, -0.15) is 4.98 Å². The van der Waals surface area contributed by atoms with E-state index in [2.05, 4.69) is 38.9 Å². The summed E-state index contributed by atoms with van der Waals surface area (Å²) in [5.74, 6) is 1.17. The second kappa shape index (κ2) is 11.2. The number of amides is 1. The van der Waals surface area contributed by atoms with Crippen LogP contribution in [0.25, 0.3) is 16.9 Å². The van der Waals surface area contributed by atoms with E-state index in [-0.39, 0.29) is 24.2 Å². The summed E-state index contributed by atoms with van der Waals surface area (Å²) in [6.07, 6.45) is 4.97. The SMILES string of the molecule is C=CCn1c(=O)c2cnc(Nc3ccc(N4CC5CCC(C4)N(C(=O)OC)C5)cc3)nc2n1-c1cccc(C(C)(C)O)n1. The molecule has 7 rings (SSSR count). The highest BCUT2D eigenvalue weighted by Crippen LogP contribution is 2.32. The summed E-state index contributed by atoms with van der Waals surface area (Å²) in [6.45, 7) is 9.73. The number of pyridine rings is 1. The lowest BCUT2D eigenvalue weighted by molar-refractivity contribution is 0.0737. The number of anilines is 3. The Labute approximate surface area is 249 Å². The van der Waals surface area contributed by atoms with Crippen molar-refractivity contribution >= 4 is 34.4 Å². The van der Waals surface area contributed by atoms with E-state index in [0.29, 0.717) is 34.4 Å². The quantitative estimate of drug-likeness (QED) is 0.312. The molecule has 0 spiro atoms. The molecule has 3 fully saturated rings. The number of hydrogen-bond acceptors (Lipinski definition) is 9. The second-order valence-electron chi connectivity index (χ2n) is 11.7. The van der Waals surface area contributed by atoms with Crippen molar-refractivity contribution < 1.29 is 14.6 Å². The summed E-state index contributed by atoms with van der Waals surface area (Å²) < 4.78 is 8.15. The molecule has 1 amide bonds. The Hall–Kier alpha value is -4.71. The molecule has 3 aliphatic rings. The molecule has 2 bridgehead atoms. The highest BCUT2D eigenvalue weighted by molar-refractivity contribution is 5.77. The van der Waals surface area contributed by atoms with Crippen LogP contribution in [0.5, 0.6) is 0 Å². The number of nitrogens with zero attached hydrogens (tertiary/aromatic N) is 7. The molecular formula is C31H36N8O4. The van der Waals surface area contributed by atoms with Gasteiger partial charge in [-0.1, -0.05) is 12.1 Å². The Balaban J connectivity index is 1.28. The summed E-state index contributed by atoms with van der Waals surface area (Å²) in [6, 6.07) is 13.5. The average molecular weight is 585 g/mol. The van der Waals surface area contributed by atoms with Crippen molar-refractivity contribution in [3.63, 3.8) is 0 Å². The summed E-state index contributed by atoms with van der Waals surface area (Å²) in [4.78, 5) is 43.5. The summed E-state index contributed by atoms with van der Waals surface area (Å²) in [5, 5.41) is 14.1. The molecule has 0 saturated carbocycles. The fourth-order valence-corrected chi connectivity index (χ4v) is 6.01. The molecule has 3 aromatic heterocycles. The Bertz CT molecular complexity index is 1720. The average Bonchev–Trinajstić information content (AvgIpc) is 3.15. The van der Waals surface area contributed by atoms with E-state index in [1.807, 2.05) is 17.0 Å². The number of carbonyl (C=O) groups is 1. The highest BCUT2D eigenvalue weighted by atomic mass is 16.5. The molecule has 6 heterocycles. The van der Waals surface area contributed by atoms with Gasteiger partial charge in [0.1, 0.15) is 11.0 Å². The standard InChI is InChI=1S/C31H36N8O4/c1-5-15-38-28(40)24-16-32-29(35-27(24)39(38)26-8-6-7-25(34-26)31(2,3)42)33-21-10-13-22(14-11-21)36-17-20-9-12-23(19-36)37(18-20)30(41)43-4/h5-8,10-11,13-14,16,20,23,42H,1,9,12,15,17-19H2,2-4H3,(H,32,33,35). The molecule has 3 aliphatic heterocycles. The molecule has 43 heavy (non-hydrogen) atoms. The molecule has 4 aromatic rings. The van der Waals surface area contributed by atoms with E-state index in [9.17, 15) is 14.7 Å². The van der Waals surface area contributed by atoms with E-state index in [4.69, 9.17) is 9.72 Å². The fourth-order valence-electron chi connectivity index (χ4n) is 6.01. The number of benzene rings is 1. The topological polar surface area (TPSA) is 131 Å². The van der Waals surface area contributed by atoms with Crippen LogP contribution in [0.2, 0.25) is 0 Å². The van der Waals surface area contributed by atoms with Crippen LogP contribution >= 0.6 is 0 Å². The molecule has 1 aromatic carbocycles. The lowest BCUT2D eigenvalue weighted by Gasteiger charge is -2.34. The fraction of sp³-hybridized carbons (Fsp3) is 0.387. The van der Waals surface area contributed by atoms with Gasteiger partial charge in [0, 0.05) is 37.2 Å². The van der Waals surface area contributed by atoms with Crippen LogP contribution in [0.4, 0.5) is 22.1 Å². The van der Waals surface area contributed by atoms with Crippen LogP contribution in [0.1, 0.15) is 32.4 Å². The monoisotopic (exact) mass is 584 g/mol. The first kappa shape index (κ1) is 28.4. The van der Waals surface area contributed by atoms with E-state index in [0.717, 1.165) is 43.9 Å². The van der Waals surface area contributed by atoms with E-state index in [1.165, 1.54) is 18.0 Å². The predicted molar refractivity (Wildman–Crippen MR) is 164 cm³/mol. The molecule has 0 aliphatic carbocycles. The zero-order chi connectivity index (χ0) is 30.3. The number of hydrogen-bond donors (Lipinski definition) is 2. The van der Waals surface area contributed by atoms with Crippen LogP contribution in [0.3, 0.4) is 0 Å². The van der Waals surface area contributed by atoms with Crippen molar-refractivity contribution in [3.8, 4) is 5.82 Å². The maximum atomic E-state index is 13.3. The van der Waals surface area contributed by atoms with Gasteiger partial charge in [-0.25, -0.2) is 24.1 Å². The van der Waals surface area contributed by atoms with Crippen molar-refractivity contribution in [2.75, 3.05) is 37.0 Å². The Morgan fingerprint density at radius 2 is 1.93 bits per heavy atom. The summed E-state index contributed by atoms with van der Waals surface area (Å²) in [7, 11) is 1.44. The van der Waals surface area contributed by atoms with Crippen molar-refractivity contribution in [1.82, 2.24) is 29.2 Å². The van der Waals surface area contributed by atoms with Gasteiger partial charge in [0.05, 0.1) is 25.4 Å². The molecule has 224 valence electrons. The number of allylic oxidation sites excluding steroid dienone is 1. The second-order valence-corrected chi connectivity index (χ2v) is 11.7. The van der Waals surface area contributed by atoms with Crippen molar-refractivity contribution in [1.29, 1.82) is 0 Å². The van der Waals surface area contributed by atoms with Gasteiger partial charge in [0.2, 0.25) is 5.95 Å². The highest BCUT2D eigenvalue weighted by Gasteiger charge is 2.37. The largest absolute Gasteiger partial charge is 0.453 e. The van der Waals surface area contributed by atoms with Gasteiger partial charge < -0.3 is 25.0 Å². The van der Waals surface area contributed by atoms with E-state index in [1.54, 1.807) is 42.8 Å². The van der Waals surface area contributed by atoms with Gasteiger partial charge in [-0.15, -0.1) is 6.58 Å². The van der Waals surface area contributed by atoms with Gasteiger partial charge in [-0.05, 0) is 69.0 Å². The Kier molecular flexibility index (Phi) is 7.38. The number of fused-ring (bicyclic) bond motifs is 5. The van der Waals surface area contributed by atoms with Crippen LogP contribution < -0.4 is 15.8 Å². The molecule has 2 atom stereocenters. The molecule has 2 unspecified atom stereocenters. The predicted octanol–water partition coefficient (Wildman–Crippen LogP) is 3.80. The first-order chi connectivity index (χ1) is 20.7. The molecule has 2 N–H and O–H groups in total. The molecule has 0 radical (unpaired) electrons. The van der Waals surface area contributed by atoms with Gasteiger partial charge in [0.25, 0.3) is 5.56 Å². The van der Waals surface area contributed by atoms with E-state index < -0.39 is 5.60 Å². The number of rotatable bonds is 7. The minimum atomic E-state index is -1.16. The van der Waals surface area contributed by atoms with Gasteiger partial charge >= 0.3 is 6.09 Å². The number of carbonyl (C=O) groups excluding carboxylic acids is 1. The van der Waals surface area contributed by atoms with Crippen LogP contribution in [-0.2, 0) is 16.9 Å². The number of ether oxygens (including phenoxy) is 1. The maximum absolute atomic E-state index is 13.3. The maximum Gasteiger partial charge on any atom is 0.409 e. The first-order valence-corrected chi connectivity index (χ1v) is 14.4. The number of aliphatic hydroxyl groups is 1. The minimum Gasteiger partial charge on any atom is -0.453 e. The van der Waals surface area contributed by atoms with Crippen molar-refractivity contribution in [3.05, 3.63) is 77.4 Å². The molecule has 12 heteroatoms. The lowest BCUT2D eigenvalue weighted by Crippen LogP contribution is -2.47. The van der Waals surface area contributed by atoms with Gasteiger partial charge in [-0.3, -0.25) is 4.79 Å². The molecular weight excluding hydrogens is 548 g/mol. The third-order valence-corrected chi connectivity index (χ3v) is 8.17. The van der Waals surface area contributed by atoms with Gasteiger partial charge in [0.15, 0.2) is 11.5 Å². The van der Waals surface area contributed by atoms with Crippen LogP contribution in [0, 0.1) is 5.92 Å². The Morgan fingerprint density at radius 3 is 2.65 bits per heavy atom. The lowest BCUT2D eigenvalue weighted by atomic mass is 9.95. The third kappa shape index (κ3) is 5.45. The van der Waals surface area contributed by atoms with Crippen LogP contribution in [-0.4, -0.2) is 73.2 Å². The minimum absolute atomic E-state index is 0.133. The number of piperidine rings is 1. The number of methoxy groups -OCH3 is 1. The first-order valence-electron chi connectivity index (χ1n) is 14.4. The summed E-state index contributed by atoms with van der Waals surface area (Å²) >= 11 is 0. The smallest absolute Gasteiger partial charge is 0.409 e. The molecule has 12 nitrogen and oxygen atoms in total. The summed E-state index contributed by atoms with van der Waals surface area (Å²) in [5.41, 5.74) is 1.30. The molecule has 3 saturated heterocycles. The normalized spacial score (nSPS) is 18.5. The van der Waals surface area contributed by atoms with E-state index >= 15 is 0 Å². The third-order valence-electron chi connectivity index (χ3n) is 8.17. The van der Waals surface area contributed by atoms with Crippen LogP contribution in [0.15, 0.2) is 66.1 Å². The number of nitrogens with one attached hydrogen (secondary N) is 1. The zero-order valence-electron chi connectivity index (χ0n) is 24.6.